The Morgan fingerprint density at radius 2 is 1.06 bits per heavy atom. The van der Waals surface area contributed by atoms with E-state index in [1.165, 1.54) is 4.90 Å². The Balaban J connectivity index is 1.59. The molecule has 8 rings (SSSR count). The maximum Gasteiger partial charge on any atom is 0.262 e. The topological polar surface area (TPSA) is 47.2 Å². The van der Waals surface area contributed by atoms with E-state index in [4.69, 9.17) is 0 Å². The fourth-order valence-corrected chi connectivity index (χ4v) is 6.29. The molecule has 0 fully saturated rings. The van der Waals surface area contributed by atoms with Crippen LogP contribution in [-0.4, -0.2) is 25.8 Å². The van der Waals surface area contributed by atoms with Crippen molar-refractivity contribution < 1.29 is 9.59 Å². The van der Waals surface area contributed by atoms with Crippen molar-refractivity contribution in [3.63, 3.8) is 0 Å². The van der Waals surface area contributed by atoms with Crippen LogP contribution in [0.4, 0.5) is 0 Å². The van der Waals surface area contributed by atoms with Crippen LogP contribution in [0.2, 0.25) is 0 Å². The van der Waals surface area contributed by atoms with Gasteiger partial charge in [0.05, 0.1) is 28.7 Å². The van der Waals surface area contributed by atoms with Gasteiger partial charge in [0.15, 0.2) is 0 Å². The van der Waals surface area contributed by atoms with Gasteiger partial charge in [0.1, 0.15) is 0 Å². The van der Waals surface area contributed by atoms with E-state index in [1.807, 2.05) is 54.6 Å². The standard InChI is InChI=1S/C31H21N3O2/c35-30-26-24-20-12-4-6-14-22(20)32-16-8-9-17-33-23-15-7-5-13-21(23)25(29(33)28(24)32)27(26)31(36)34(30)18-19-10-2-1-3-11-19/h1-15H,16-18H2/b9-8-. The number of nitrogens with zero attached hydrogens (tertiary/aromatic N) is 3. The van der Waals surface area contributed by atoms with Crippen molar-refractivity contribution in [3.05, 3.63) is 108 Å². The molecule has 6 aromatic rings. The lowest BCUT2D eigenvalue weighted by atomic mass is 9.96. The molecular formula is C31H21N3O2. The van der Waals surface area contributed by atoms with Gasteiger partial charge in [-0.15, -0.1) is 0 Å². The number of carbonyl (C=O) groups excluding carboxylic acids is 2. The van der Waals surface area contributed by atoms with Crippen molar-refractivity contribution in [1.82, 2.24) is 14.0 Å². The molecule has 0 aliphatic carbocycles. The van der Waals surface area contributed by atoms with Crippen LogP contribution in [0.3, 0.4) is 0 Å². The van der Waals surface area contributed by atoms with Crippen molar-refractivity contribution in [2.45, 2.75) is 19.6 Å². The summed E-state index contributed by atoms with van der Waals surface area (Å²) in [5.41, 5.74) is 6.24. The highest BCUT2D eigenvalue weighted by Gasteiger charge is 2.41. The number of fused-ring (bicyclic) bond motifs is 9. The lowest BCUT2D eigenvalue weighted by Crippen LogP contribution is -2.29. The summed E-state index contributed by atoms with van der Waals surface area (Å²) in [4.78, 5) is 29.6. The molecule has 4 heterocycles. The fraction of sp³-hybridized carbons (Fsp3) is 0.0968. The van der Waals surface area contributed by atoms with Gasteiger partial charge in [-0.2, -0.15) is 0 Å². The van der Waals surface area contributed by atoms with Gasteiger partial charge in [0.25, 0.3) is 11.8 Å². The van der Waals surface area contributed by atoms with E-state index in [-0.39, 0.29) is 18.4 Å². The Morgan fingerprint density at radius 3 is 1.58 bits per heavy atom. The Kier molecular flexibility index (Phi) is 3.79. The molecule has 0 atom stereocenters. The monoisotopic (exact) mass is 467 g/mol. The summed E-state index contributed by atoms with van der Waals surface area (Å²) in [5, 5.41) is 3.81. The summed E-state index contributed by atoms with van der Waals surface area (Å²) in [6.45, 7) is 1.69. The zero-order valence-electron chi connectivity index (χ0n) is 19.4. The van der Waals surface area contributed by atoms with E-state index in [0.717, 1.165) is 62.3 Å². The molecule has 0 saturated heterocycles. The number of imide groups is 1. The Morgan fingerprint density at radius 1 is 0.583 bits per heavy atom. The Labute approximate surface area is 206 Å². The predicted octanol–water partition coefficient (Wildman–Crippen LogP) is 6.27. The van der Waals surface area contributed by atoms with E-state index < -0.39 is 0 Å². The first kappa shape index (κ1) is 19.6. The van der Waals surface area contributed by atoms with Gasteiger partial charge in [0.2, 0.25) is 0 Å². The fourth-order valence-electron chi connectivity index (χ4n) is 6.29. The van der Waals surface area contributed by atoms with Crippen LogP contribution < -0.4 is 0 Å². The number of aromatic nitrogens is 2. The van der Waals surface area contributed by atoms with Crippen molar-refractivity contribution in [2.24, 2.45) is 0 Å². The molecule has 0 bridgehead atoms. The minimum absolute atomic E-state index is 0.210. The molecule has 5 nitrogen and oxygen atoms in total. The van der Waals surface area contributed by atoms with E-state index in [2.05, 4.69) is 45.6 Å². The largest absolute Gasteiger partial charge is 0.335 e. The summed E-state index contributed by atoms with van der Waals surface area (Å²) in [6.07, 6.45) is 4.38. The van der Waals surface area contributed by atoms with Gasteiger partial charge in [-0.05, 0) is 17.7 Å². The number of hydrogen-bond donors (Lipinski definition) is 0. The van der Waals surface area contributed by atoms with Crippen molar-refractivity contribution in [3.8, 4) is 0 Å². The highest BCUT2D eigenvalue weighted by atomic mass is 16.2. The SMILES string of the molecule is O=C1c2c(c3c4ccccc4n4c3c3c2c2ccccc2n3C/C=C\C4)C(=O)N1Cc1ccccc1. The minimum Gasteiger partial charge on any atom is -0.335 e. The first-order chi connectivity index (χ1) is 17.7. The zero-order chi connectivity index (χ0) is 24.0. The zero-order valence-corrected chi connectivity index (χ0v) is 19.4. The van der Waals surface area contributed by atoms with Crippen molar-refractivity contribution >= 4 is 55.4 Å². The number of hydrogen-bond acceptors (Lipinski definition) is 2. The van der Waals surface area contributed by atoms with E-state index >= 15 is 0 Å². The maximum absolute atomic E-state index is 14.1. The molecule has 36 heavy (non-hydrogen) atoms. The van der Waals surface area contributed by atoms with Gasteiger partial charge >= 0.3 is 0 Å². The molecule has 0 spiro atoms. The van der Waals surface area contributed by atoms with Crippen LogP contribution in [0.15, 0.2) is 91.0 Å². The molecule has 0 unspecified atom stereocenters. The maximum atomic E-state index is 14.1. The molecular weight excluding hydrogens is 446 g/mol. The molecule has 2 aliphatic heterocycles. The van der Waals surface area contributed by atoms with Crippen molar-refractivity contribution in [2.75, 3.05) is 0 Å². The van der Waals surface area contributed by atoms with Gasteiger partial charge in [0, 0.05) is 45.7 Å². The molecule has 0 N–H and O–H groups in total. The third-order valence-electron chi connectivity index (χ3n) is 7.76. The number of carbonyl (C=O) groups is 2. The van der Waals surface area contributed by atoms with Crippen LogP contribution in [0.1, 0.15) is 26.3 Å². The summed E-state index contributed by atoms with van der Waals surface area (Å²) in [6, 6.07) is 26.2. The minimum atomic E-state index is -0.210. The van der Waals surface area contributed by atoms with E-state index in [0.29, 0.717) is 11.1 Å². The second kappa shape index (κ2) is 6.95. The lowest BCUT2D eigenvalue weighted by molar-refractivity contribution is 0.0643. The lowest BCUT2D eigenvalue weighted by Gasteiger charge is -2.13. The molecule has 4 aromatic carbocycles. The van der Waals surface area contributed by atoms with Crippen LogP contribution in [0.5, 0.6) is 0 Å². The average Bonchev–Trinajstić information content (AvgIpc) is 3.48. The van der Waals surface area contributed by atoms with Crippen LogP contribution in [0.25, 0.3) is 43.6 Å². The smallest absolute Gasteiger partial charge is 0.262 e. The predicted molar refractivity (Wildman–Crippen MR) is 142 cm³/mol. The van der Waals surface area contributed by atoms with Crippen LogP contribution in [-0.2, 0) is 19.6 Å². The van der Waals surface area contributed by atoms with E-state index in [9.17, 15) is 9.59 Å². The summed E-state index contributed by atoms with van der Waals surface area (Å²) in [5.74, 6) is -0.420. The van der Waals surface area contributed by atoms with Gasteiger partial charge in [-0.25, -0.2) is 0 Å². The molecule has 2 amide bonds. The third-order valence-corrected chi connectivity index (χ3v) is 7.76. The second-order valence-corrected chi connectivity index (χ2v) is 9.61. The molecule has 0 radical (unpaired) electrons. The van der Waals surface area contributed by atoms with Crippen LogP contribution >= 0.6 is 0 Å². The number of allylic oxidation sites excluding steroid dienone is 2. The summed E-state index contributed by atoms with van der Waals surface area (Å²) in [7, 11) is 0. The third kappa shape index (κ3) is 2.34. The molecule has 5 heteroatoms. The van der Waals surface area contributed by atoms with Crippen LogP contribution in [0, 0.1) is 0 Å². The second-order valence-electron chi connectivity index (χ2n) is 9.61. The molecule has 2 aromatic heterocycles. The molecule has 2 aliphatic rings. The molecule has 172 valence electrons. The first-order valence-electron chi connectivity index (χ1n) is 12.3. The van der Waals surface area contributed by atoms with Gasteiger partial charge in [-0.1, -0.05) is 78.9 Å². The highest BCUT2D eigenvalue weighted by Crippen LogP contribution is 2.46. The quantitative estimate of drug-likeness (QED) is 0.223. The summed E-state index contributed by atoms with van der Waals surface area (Å²) < 4.78 is 4.60. The van der Waals surface area contributed by atoms with E-state index in [1.54, 1.807) is 0 Å². The Bertz CT molecular complexity index is 1840. The van der Waals surface area contributed by atoms with Gasteiger partial charge in [-0.3, -0.25) is 14.5 Å². The number of rotatable bonds is 2. The normalized spacial score (nSPS) is 15.9. The Hall–Kier alpha value is -4.64. The summed E-state index contributed by atoms with van der Waals surface area (Å²) >= 11 is 0. The van der Waals surface area contributed by atoms with Crippen molar-refractivity contribution in [1.29, 1.82) is 0 Å². The first-order valence-corrected chi connectivity index (χ1v) is 12.3. The number of amides is 2. The highest BCUT2D eigenvalue weighted by molar-refractivity contribution is 6.39. The average molecular weight is 468 g/mol. The number of benzene rings is 4. The van der Waals surface area contributed by atoms with Gasteiger partial charge < -0.3 is 9.13 Å². The molecule has 0 saturated carbocycles. The number of para-hydroxylation sites is 2.